The first kappa shape index (κ1) is 8.24. The van der Waals surface area contributed by atoms with Gasteiger partial charge in [-0.3, -0.25) is 0 Å². The molecule has 3 heteroatoms. The van der Waals surface area contributed by atoms with E-state index in [0.29, 0.717) is 12.2 Å². The summed E-state index contributed by atoms with van der Waals surface area (Å²) < 4.78 is 5.78. The van der Waals surface area contributed by atoms with Crippen molar-refractivity contribution in [2.24, 2.45) is 0 Å². The quantitative estimate of drug-likeness (QED) is 0.670. The second kappa shape index (κ2) is 3.24. The van der Waals surface area contributed by atoms with E-state index in [9.17, 15) is 0 Å². The Balaban J connectivity index is 1.81. The molecule has 74 valence electrons. The zero-order valence-corrected chi connectivity index (χ0v) is 8.10. The number of morpholine rings is 1. The minimum Gasteiger partial charge on any atom is -0.371 e. The van der Waals surface area contributed by atoms with Gasteiger partial charge in [0.15, 0.2) is 0 Å². The first-order valence-electron chi connectivity index (χ1n) is 5.23. The Morgan fingerprint density at radius 2 is 2.00 bits per heavy atom. The molecule has 2 atom stereocenters. The summed E-state index contributed by atoms with van der Waals surface area (Å²) in [4.78, 5) is 6.71. The Morgan fingerprint density at radius 3 is 2.64 bits per heavy atom. The molecule has 0 saturated carbocycles. The molecule has 14 heavy (non-hydrogen) atoms. The summed E-state index contributed by atoms with van der Waals surface area (Å²) in [5.74, 6) is 1.09. The van der Waals surface area contributed by atoms with Crippen LogP contribution in [0.2, 0.25) is 0 Å². The second-order valence-corrected chi connectivity index (χ2v) is 4.05. The van der Waals surface area contributed by atoms with Gasteiger partial charge in [0.1, 0.15) is 5.82 Å². The van der Waals surface area contributed by atoms with Crippen LogP contribution in [0.1, 0.15) is 12.8 Å². The molecule has 2 fully saturated rings. The highest BCUT2D eigenvalue weighted by atomic mass is 16.5. The fraction of sp³-hybridized carbons (Fsp3) is 0.545. The molecule has 2 bridgehead atoms. The van der Waals surface area contributed by atoms with Gasteiger partial charge in [-0.25, -0.2) is 4.98 Å². The SMILES string of the molecule is c1ccc(N2CC3CCC(C2)O3)nc1. The Morgan fingerprint density at radius 1 is 1.21 bits per heavy atom. The molecule has 3 rings (SSSR count). The zero-order valence-electron chi connectivity index (χ0n) is 8.10. The van der Waals surface area contributed by atoms with Crippen molar-refractivity contribution in [1.82, 2.24) is 4.98 Å². The second-order valence-electron chi connectivity index (χ2n) is 4.05. The predicted molar refractivity (Wildman–Crippen MR) is 54.3 cm³/mol. The molecule has 0 aliphatic carbocycles. The molecule has 2 aliphatic heterocycles. The lowest BCUT2D eigenvalue weighted by atomic mass is 10.2. The van der Waals surface area contributed by atoms with Gasteiger partial charge in [0.05, 0.1) is 12.2 Å². The largest absolute Gasteiger partial charge is 0.371 e. The van der Waals surface area contributed by atoms with Crippen LogP contribution in [0, 0.1) is 0 Å². The summed E-state index contributed by atoms with van der Waals surface area (Å²) >= 11 is 0. The molecule has 2 saturated heterocycles. The molecule has 3 nitrogen and oxygen atoms in total. The smallest absolute Gasteiger partial charge is 0.128 e. The number of ether oxygens (including phenoxy) is 1. The summed E-state index contributed by atoms with van der Waals surface area (Å²) in [7, 11) is 0. The molecule has 0 amide bonds. The zero-order chi connectivity index (χ0) is 9.38. The standard InChI is InChI=1S/C11H14N2O/c1-2-6-12-11(3-1)13-7-9-4-5-10(8-13)14-9/h1-3,6,9-10H,4-5,7-8H2. The Bertz CT molecular complexity index is 302. The number of aromatic nitrogens is 1. The highest BCUT2D eigenvalue weighted by Crippen LogP contribution is 2.28. The van der Waals surface area contributed by atoms with Crippen LogP contribution in [-0.2, 0) is 4.74 Å². The number of nitrogens with zero attached hydrogens (tertiary/aromatic N) is 2. The number of hydrogen-bond donors (Lipinski definition) is 0. The van der Waals surface area contributed by atoms with E-state index in [4.69, 9.17) is 4.74 Å². The third-order valence-electron chi connectivity index (χ3n) is 3.02. The molecule has 1 aromatic heterocycles. The topological polar surface area (TPSA) is 25.4 Å². The van der Waals surface area contributed by atoms with Crippen molar-refractivity contribution in [3.05, 3.63) is 24.4 Å². The van der Waals surface area contributed by atoms with E-state index < -0.39 is 0 Å². The van der Waals surface area contributed by atoms with Gasteiger partial charge in [0, 0.05) is 19.3 Å². The van der Waals surface area contributed by atoms with Gasteiger partial charge in [0.2, 0.25) is 0 Å². The Labute approximate surface area is 83.7 Å². The van der Waals surface area contributed by atoms with Gasteiger partial charge in [-0.05, 0) is 25.0 Å². The molecular formula is C11H14N2O. The van der Waals surface area contributed by atoms with E-state index in [-0.39, 0.29) is 0 Å². The Hall–Kier alpha value is -1.09. The average molecular weight is 190 g/mol. The van der Waals surface area contributed by atoms with E-state index in [1.54, 1.807) is 0 Å². The maximum absolute atomic E-state index is 5.78. The number of anilines is 1. The highest BCUT2D eigenvalue weighted by molar-refractivity contribution is 5.39. The lowest BCUT2D eigenvalue weighted by Gasteiger charge is -2.32. The van der Waals surface area contributed by atoms with E-state index in [1.165, 1.54) is 12.8 Å². The van der Waals surface area contributed by atoms with Gasteiger partial charge < -0.3 is 9.64 Å². The molecule has 0 aromatic carbocycles. The van der Waals surface area contributed by atoms with Crippen molar-refractivity contribution in [3.63, 3.8) is 0 Å². The van der Waals surface area contributed by atoms with Gasteiger partial charge in [-0.15, -0.1) is 0 Å². The first-order valence-corrected chi connectivity index (χ1v) is 5.23. The van der Waals surface area contributed by atoms with Crippen molar-refractivity contribution in [2.75, 3.05) is 18.0 Å². The summed E-state index contributed by atoms with van der Waals surface area (Å²) in [6.07, 6.45) is 5.17. The van der Waals surface area contributed by atoms with E-state index in [1.807, 2.05) is 18.3 Å². The van der Waals surface area contributed by atoms with Crippen LogP contribution in [0.25, 0.3) is 0 Å². The van der Waals surface area contributed by atoms with Crippen molar-refractivity contribution < 1.29 is 4.74 Å². The molecule has 0 radical (unpaired) electrons. The summed E-state index contributed by atoms with van der Waals surface area (Å²) in [6.45, 7) is 2.01. The number of rotatable bonds is 1. The van der Waals surface area contributed by atoms with E-state index >= 15 is 0 Å². The van der Waals surface area contributed by atoms with E-state index in [0.717, 1.165) is 18.9 Å². The Kier molecular flexibility index (Phi) is 1.91. The van der Waals surface area contributed by atoms with Gasteiger partial charge in [0.25, 0.3) is 0 Å². The molecule has 0 spiro atoms. The minimum atomic E-state index is 0.441. The third kappa shape index (κ3) is 1.38. The van der Waals surface area contributed by atoms with E-state index in [2.05, 4.69) is 16.0 Å². The monoisotopic (exact) mass is 190 g/mol. The average Bonchev–Trinajstić information content (AvgIpc) is 2.59. The van der Waals surface area contributed by atoms with Crippen LogP contribution in [0.5, 0.6) is 0 Å². The maximum atomic E-state index is 5.78. The number of hydrogen-bond acceptors (Lipinski definition) is 3. The van der Waals surface area contributed by atoms with Crippen molar-refractivity contribution in [2.45, 2.75) is 25.0 Å². The fourth-order valence-electron chi connectivity index (χ4n) is 2.34. The molecular weight excluding hydrogens is 176 g/mol. The molecule has 2 aliphatic rings. The first-order chi connectivity index (χ1) is 6.92. The van der Waals surface area contributed by atoms with Crippen LogP contribution < -0.4 is 4.90 Å². The maximum Gasteiger partial charge on any atom is 0.128 e. The molecule has 1 aromatic rings. The minimum absolute atomic E-state index is 0.441. The molecule has 3 heterocycles. The highest BCUT2D eigenvalue weighted by Gasteiger charge is 2.33. The van der Waals surface area contributed by atoms with Gasteiger partial charge >= 0.3 is 0 Å². The third-order valence-corrected chi connectivity index (χ3v) is 3.02. The summed E-state index contributed by atoms with van der Waals surface area (Å²) in [6, 6.07) is 6.07. The summed E-state index contributed by atoms with van der Waals surface area (Å²) in [5.41, 5.74) is 0. The lowest BCUT2D eigenvalue weighted by Crippen LogP contribution is -2.42. The lowest BCUT2D eigenvalue weighted by molar-refractivity contribution is 0.0302. The number of fused-ring (bicyclic) bond motifs is 2. The molecule has 2 unspecified atom stereocenters. The fourth-order valence-corrected chi connectivity index (χ4v) is 2.34. The van der Waals surface area contributed by atoms with Gasteiger partial charge in [-0.1, -0.05) is 6.07 Å². The van der Waals surface area contributed by atoms with Crippen LogP contribution in [0.4, 0.5) is 5.82 Å². The van der Waals surface area contributed by atoms with Crippen molar-refractivity contribution in [3.8, 4) is 0 Å². The van der Waals surface area contributed by atoms with Crippen molar-refractivity contribution in [1.29, 1.82) is 0 Å². The summed E-state index contributed by atoms with van der Waals surface area (Å²) in [5, 5.41) is 0. The van der Waals surface area contributed by atoms with Crippen LogP contribution in [0.15, 0.2) is 24.4 Å². The van der Waals surface area contributed by atoms with Crippen molar-refractivity contribution >= 4 is 5.82 Å². The van der Waals surface area contributed by atoms with Crippen LogP contribution >= 0.6 is 0 Å². The normalized spacial score (nSPS) is 30.7. The van der Waals surface area contributed by atoms with Gasteiger partial charge in [-0.2, -0.15) is 0 Å². The van der Waals surface area contributed by atoms with Crippen LogP contribution in [0.3, 0.4) is 0 Å². The molecule has 0 N–H and O–H groups in total. The van der Waals surface area contributed by atoms with Crippen LogP contribution in [-0.4, -0.2) is 30.3 Å². The number of pyridine rings is 1. The predicted octanol–water partition coefficient (Wildman–Crippen LogP) is 1.45.